The Labute approximate surface area is 192 Å². The molecule has 0 spiro atoms. The zero-order valence-corrected chi connectivity index (χ0v) is 18.6. The summed E-state index contributed by atoms with van der Waals surface area (Å²) in [6.45, 7) is 0.206. The molecule has 2 aromatic rings. The second kappa shape index (κ2) is 9.10. The molecule has 0 saturated heterocycles. The SMILES string of the molecule is COc1cc([C@@H]2C(C#N)=C(N)N(C)C3=C2C(=O)CCC3)ccc1OCc1ccccc1C#N. The number of rotatable bonds is 5. The highest BCUT2D eigenvalue weighted by molar-refractivity contribution is 5.99. The van der Waals surface area contributed by atoms with Crippen LogP contribution in [0.4, 0.5) is 0 Å². The van der Waals surface area contributed by atoms with Gasteiger partial charge in [0.2, 0.25) is 0 Å². The Morgan fingerprint density at radius 3 is 2.64 bits per heavy atom. The standard InChI is InChI=1S/C26H24N4O3/c1-30-20-8-5-9-21(31)25(20)24(19(14-28)26(30)29)16-10-11-22(23(12-16)32-2)33-15-18-7-4-3-6-17(18)13-27/h3-4,6-7,10-12,24H,5,8-9,15,29H2,1-2H3/t24-/m1/s1. The van der Waals surface area contributed by atoms with E-state index in [2.05, 4.69) is 12.1 Å². The number of ether oxygens (including phenoxy) is 2. The zero-order valence-electron chi connectivity index (χ0n) is 18.6. The summed E-state index contributed by atoms with van der Waals surface area (Å²) in [5.74, 6) is 0.837. The number of methoxy groups -OCH3 is 1. The first-order valence-corrected chi connectivity index (χ1v) is 10.7. The number of nitrogens with zero attached hydrogens (tertiary/aromatic N) is 3. The monoisotopic (exact) mass is 440 g/mol. The Bertz CT molecular complexity index is 1260. The highest BCUT2D eigenvalue weighted by Gasteiger charge is 2.38. The van der Waals surface area contributed by atoms with Crippen molar-refractivity contribution in [2.45, 2.75) is 31.8 Å². The predicted molar refractivity (Wildman–Crippen MR) is 122 cm³/mol. The molecule has 33 heavy (non-hydrogen) atoms. The molecule has 0 radical (unpaired) electrons. The molecule has 7 heteroatoms. The molecule has 0 saturated carbocycles. The second-order valence-electron chi connectivity index (χ2n) is 8.01. The highest BCUT2D eigenvalue weighted by Crippen LogP contribution is 2.45. The first-order chi connectivity index (χ1) is 16.0. The van der Waals surface area contributed by atoms with Gasteiger partial charge in [-0.15, -0.1) is 0 Å². The van der Waals surface area contributed by atoms with Gasteiger partial charge in [-0.25, -0.2) is 0 Å². The van der Waals surface area contributed by atoms with Gasteiger partial charge in [-0.3, -0.25) is 4.79 Å². The molecule has 1 atom stereocenters. The van der Waals surface area contributed by atoms with Gasteiger partial charge in [0.05, 0.1) is 36.3 Å². The Kier molecular flexibility index (Phi) is 6.06. The number of hydrogen-bond donors (Lipinski definition) is 1. The van der Waals surface area contributed by atoms with Crippen molar-refractivity contribution in [2.24, 2.45) is 5.73 Å². The van der Waals surface area contributed by atoms with Crippen LogP contribution in [0.1, 0.15) is 41.9 Å². The molecule has 0 bridgehead atoms. The summed E-state index contributed by atoms with van der Waals surface area (Å²) in [7, 11) is 3.34. The van der Waals surface area contributed by atoms with Crippen molar-refractivity contribution in [1.82, 2.24) is 4.90 Å². The van der Waals surface area contributed by atoms with Crippen LogP contribution in [-0.4, -0.2) is 24.8 Å². The smallest absolute Gasteiger partial charge is 0.161 e. The summed E-state index contributed by atoms with van der Waals surface area (Å²) in [5.41, 5.74) is 10.2. The minimum atomic E-state index is -0.545. The lowest BCUT2D eigenvalue weighted by Crippen LogP contribution is -2.36. The van der Waals surface area contributed by atoms with Crippen molar-refractivity contribution in [1.29, 1.82) is 10.5 Å². The lowest BCUT2D eigenvalue weighted by atomic mass is 9.76. The minimum absolute atomic E-state index is 0.0424. The maximum Gasteiger partial charge on any atom is 0.161 e. The summed E-state index contributed by atoms with van der Waals surface area (Å²) < 4.78 is 11.5. The first-order valence-electron chi connectivity index (χ1n) is 10.7. The lowest BCUT2D eigenvalue weighted by molar-refractivity contribution is -0.116. The van der Waals surface area contributed by atoms with E-state index in [0.29, 0.717) is 40.5 Å². The minimum Gasteiger partial charge on any atom is -0.493 e. The molecule has 0 amide bonds. The van der Waals surface area contributed by atoms with E-state index in [-0.39, 0.29) is 12.4 Å². The van der Waals surface area contributed by atoms with Crippen molar-refractivity contribution in [3.8, 4) is 23.6 Å². The average Bonchev–Trinajstić information content (AvgIpc) is 2.85. The molecule has 1 heterocycles. The van der Waals surface area contributed by atoms with Crippen LogP contribution in [0.15, 0.2) is 65.1 Å². The fourth-order valence-corrected chi connectivity index (χ4v) is 4.49. The predicted octanol–water partition coefficient (Wildman–Crippen LogP) is 3.88. The molecule has 2 aromatic carbocycles. The van der Waals surface area contributed by atoms with Crippen molar-refractivity contribution < 1.29 is 14.3 Å². The molecule has 1 aliphatic heterocycles. The molecule has 7 nitrogen and oxygen atoms in total. The number of nitriles is 2. The summed E-state index contributed by atoms with van der Waals surface area (Å²) in [6, 6.07) is 17.0. The van der Waals surface area contributed by atoms with Crippen molar-refractivity contribution in [3.05, 3.63) is 81.8 Å². The van der Waals surface area contributed by atoms with Crippen LogP contribution in [0.25, 0.3) is 0 Å². The molecule has 0 fully saturated rings. The second-order valence-corrected chi connectivity index (χ2v) is 8.01. The van der Waals surface area contributed by atoms with E-state index in [4.69, 9.17) is 15.2 Å². The summed E-state index contributed by atoms with van der Waals surface area (Å²) in [5, 5.41) is 19.2. The summed E-state index contributed by atoms with van der Waals surface area (Å²) >= 11 is 0. The number of benzene rings is 2. The molecule has 0 unspecified atom stereocenters. The van der Waals surface area contributed by atoms with Crippen molar-refractivity contribution in [2.75, 3.05) is 14.2 Å². The van der Waals surface area contributed by atoms with Gasteiger partial charge in [0, 0.05) is 30.3 Å². The Hall–Kier alpha value is -4.23. The van der Waals surface area contributed by atoms with Crippen LogP contribution in [0.3, 0.4) is 0 Å². The van der Waals surface area contributed by atoms with Crippen LogP contribution in [0.2, 0.25) is 0 Å². The van der Waals surface area contributed by atoms with Crippen molar-refractivity contribution in [3.63, 3.8) is 0 Å². The number of carbonyl (C=O) groups excluding carboxylic acids is 1. The normalized spacial score (nSPS) is 17.9. The van der Waals surface area contributed by atoms with Gasteiger partial charge in [0.15, 0.2) is 17.3 Å². The van der Waals surface area contributed by atoms with Crippen LogP contribution in [-0.2, 0) is 11.4 Å². The molecular formula is C26H24N4O3. The van der Waals surface area contributed by atoms with Gasteiger partial charge in [-0.1, -0.05) is 24.3 Å². The molecular weight excluding hydrogens is 416 g/mol. The van der Waals surface area contributed by atoms with Gasteiger partial charge in [-0.05, 0) is 36.6 Å². The summed E-state index contributed by atoms with van der Waals surface area (Å²) in [4.78, 5) is 14.7. The molecule has 4 rings (SSSR count). The Morgan fingerprint density at radius 1 is 1.12 bits per heavy atom. The van der Waals surface area contributed by atoms with E-state index in [1.54, 1.807) is 36.2 Å². The first kappa shape index (κ1) is 22.0. The lowest BCUT2D eigenvalue weighted by Gasteiger charge is -2.37. The number of ketones is 1. The van der Waals surface area contributed by atoms with Gasteiger partial charge < -0.3 is 20.1 Å². The van der Waals surface area contributed by atoms with E-state index < -0.39 is 5.92 Å². The third kappa shape index (κ3) is 3.90. The van der Waals surface area contributed by atoms with Crippen LogP contribution < -0.4 is 15.2 Å². The van der Waals surface area contributed by atoms with E-state index in [1.165, 1.54) is 7.11 Å². The third-order valence-electron chi connectivity index (χ3n) is 6.21. The highest BCUT2D eigenvalue weighted by atomic mass is 16.5. The maximum absolute atomic E-state index is 12.9. The molecule has 1 aliphatic carbocycles. The molecule has 166 valence electrons. The zero-order chi connectivity index (χ0) is 23.5. The largest absolute Gasteiger partial charge is 0.493 e. The van der Waals surface area contributed by atoms with E-state index in [1.807, 2.05) is 18.2 Å². The van der Waals surface area contributed by atoms with Gasteiger partial charge in [0.25, 0.3) is 0 Å². The number of carbonyl (C=O) groups is 1. The topological polar surface area (TPSA) is 112 Å². The number of nitrogens with two attached hydrogens (primary N) is 1. The van der Waals surface area contributed by atoms with E-state index >= 15 is 0 Å². The number of hydrogen-bond acceptors (Lipinski definition) is 7. The number of allylic oxidation sites excluding steroid dienone is 3. The van der Waals surface area contributed by atoms with E-state index in [0.717, 1.165) is 29.7 Å². The third-order valence-corrected chi connectivity index (χ3v) is 6.21. The van der Waals surface area contributed by atoms with Gasteiger partial charge in [0.1, 0.15) is 12.4 Å². The van der Waals surface area contributed by atoms with Crippen LogP contribution in [0.5, 0.6) is 11.5 Å². The van der Waals surface area contributed by atoms with E-state index in [9.17, 15) is 15.3 Å². The summed E-state index contributed by atoms with van der Waals surface area (Å²) in [6.07, 6.45) is 1.96. The van der Waals surface area contributed by atoms with Crippen LogP contribution in [0, 0.1) is 22.7 Å². The fraction of sp³-hybridized carbons (Fsp3) is 0.269. The number of Topliss-reactive ketones (excluding diaryl/α,β-unsaturated/α-hetero) is 1. The molecule has 0 aromatic heterocycles. The van der Waals surface area contributed by atoms with Crippen LogP contribution >= 0.6 is 0 Å². The quantitative estimate of drug-likeness (QED) is 0.751. The molecule has 2 aliphatic rings. The fourth-order valence-electron chi connectivity index (χ4n) is 4.49. The van der Waals surface area contributed by atoms with Gasteiger partial charge >= 0.3 is 0 Å². The van der Waals surface area contributed by atoms with Crippen molar-refractivity contribution >= 4 is 5.78 Å². The average molecular weight is 441 g/mol. The Balaban J connectivity index is 1.71. The Morgan fingerprint density at radius 2 is 1.91 bits per heavy atom. The molecule has 2 N–H and O–H groups in total. The maximum atomic E-state index is 12.9. The van der Waals surface area contributed by atoms with Gasteiger partial charge in [-0.2, -0.15) is 10.5 Å².